The van der Waals surface area contributed by atoms with E-state index in [-0.39, 0.29) is 5.91 Å². The number of carbonyl (C=O) groups is 1. The second-order valence-corrected chi connectivity index (χ2v) is 7.46. The summed E-state index contributed by atoms with van der Waals surface area (Å²) in [6.07, 6.45) is 4.51. The van der Waals surface area contributed by atoms with E-state index in [2.05, 4.69) is 20.9 Å². The van der Waals surface area contributed by atoms with Crippen molar-refractivity contribution in [2.45, 2.75) is 20.3 Å². The summed E-state index contributed by atoms with van der Waals surface area (Å²) in [4.78, 5) is 30.1. The Kier molecular flexibility index (Phi) is 5.19. The molecule has 1 atom stereocenters. The van der Waals surface area contributed by atoms with Crippen LogP contribution in [-0.4, -0.2) is 51.9 Å². The van der Waals surface area contributed by atoms with Crippen molar-refractivity contribution < 1.29 is 4.79 Å². The van der Waals surface area contributed by atoms with Gasteiger partial charge in [-0.2, -0.15) is 0 Å². The third kappa shape index (κ3) is 3.96. The van der Waals surface area contributed by atoms with Gasteiger partial charge in [0, 0.05) is 51.2 Å². The monoisotopic (exact) mass is 375 g/mol. The normalized spacial score (nSPS) is 17.6. The molecule has 4 heterocycles. The van der Waals surface area contributed by atoms with Crippen LogP contribution < -0.4 is 4.90 Å². The molecule has 6 nitrogen and oxygen atoms in total. The summed E-state index contributed by atoms with van der Waals surface area (Å²) in [5.41, 5.74) is 4.04. The fourth-order valence-electron chi connectivity index (χ4n) is 3.94. The number of hydrogen-bond donors (Lipinski definition) is 0. The summed E-state index contributed by atoms with van der Waals surface area (Å²) in [6.45, 7) is 6.78. The minimum atomic E-state index is 0.127. The number of rotatable bonds is 3. The lowest BCUT2D eigenvalue weighted by Gasteiger charge is -2.25. The zero-order chi connectivity index (χ0) is 19.5. The number of aryl methyl sites for hydroxylation is 1. The molecule has 1 unspecified atom stereocenters. The average Bonchev–Trinajstić information content (AvgIpc) is 2.91. The molecule has 144 valence electrons. The summed E-state index contributed by atoms with van der Waals surface area (Å²) in [6, 6.07) is 12.1. The van der Waals surface area contributed by atoms with Crippen LogP contribution in [0.2, 0.25) is 0 Å². The second-order valence-electron chi connectivity index (χ2n) is 7.46. The standard InChI is InChI=1S/C22H25N5O/c1-16-5-3-7-21(25-16)27-12-11-26(17(2)28)14-18(15-27)13-19-8-10-23-20-6-4-9-24-22(19)20/h3-10,18H,11-15H2,1-2H3. The lowest BCUT2D eigenvalue weighted by Crippen LogP contribution is -2.34. The van der Waals surface area contributed by atoms with Gasteiger partial charge in [-0.15, -0.1) is 0 Å². The van der Waals surface area contributed by atoms with E-state index in [0.29, 0.717) is 5.92 Å². The Morgan fingerprint density at radius 2 is 1.96 bits per heavy atom. The van der Waals surface area contributed by atoms with Crippen molar-refractivity contribution in [2.24, 2.45) is 5.92 Å². The first kappa shape index (κ1) is 18.3. The molecule has 1 aliphatic rings. The zero-order valence-corrected chi connectivity index (χ0v) is 16.4. The quantitative estimate of drug-likeness (QED) is 0.704. The van der Waals surface area contributed by atoms with Gasteiger partial charge in [0.05, 0.1) is 11.0 Å². The number of fused-ring (bicyclic) bond motifs is 1. The van der Waals surface area contributed by atoms with E-state index in [1.54, 1.807) is 6.92 Å². The molecular weight excluding hydrogens is 350 g/mol. The maximum atomic E-state index is 12.1. The lowest BCUT2D eigenvalue weighted by atomic mass is 9.97. The first-order chi connectivity index (χ1) is 13.6. The van der Waals surface area contributed by atoms with Crippen LogP contribution in [0, 0.1) is 12.8 Å². The van der Waals surface area contributed by atoms with Crippen LogP contribution in [0.5, 0.6) is 0 Å². The Balaban J connectivity index is 1.63. The van der Waals surface area contributed by atoms with Crippen molar-refractivity contribution in [1.82, 2.24) is 19.9 Å². The number of amides is 1. The van der Waals surface area contributed by atoms with Gasteiger partial charge in [0.25, 0.3) is 0 Å². The molecule has 1 fully saturated rings. The number of carbonyl (C=O) groups excluding carboxylic acids is 1. The molecule has 0 saturated carbocycles. The van der Waals surface area contributed by atoms with Gasteiger partial charge in [-0.3, -0.25) is 14.8 Å². The molecule has 0 bridgehead atoms. The van der Waals surface area contributed by atoms with Gasteiger partial charge in [-0.05, 0) is 55.2 Å². The van der Waals surface area contributed by atoms with Crippen molar-refractivity contribution in [3.05, 3.63) is 60.0 Å². The van der Waals surface area contributed by atoms with Crippen molar-refractivity contribution in [3.8, 4) is 0 Å². The maximum Gasteiger partial charge on any atom is 0.219 e. The zero-order valence-electron chi connectivity index (χ0n) is 16.4. The summed E-state index contributed by atoms with van der Waals surface area (Å²) in [5, 5.41) is 0. The second kappa shape index (κ2) is 7.92. The number of pyridine rings is 3. The first-order valence-electron chi connectivity index (χ1n) is 9.73. The number of anilines is 1. The van der Waals surface area contributed by atoms with Gasteiger partial charge < -0.3 is 9.80 Å². The highest BCUT2D eigenvalue weighted by Gasteiger charge is 2.26. The molecule has 1 amide bonds. The van der Waals surface area contributed by atoms with Crippen molar-refractivity contribution in [3.63, 3.8) is 0 Å². The van der Waals surface area contributed by atoms with Crippen molar-refractivity contribution in [1.29, 1.82) is 0 Å². The molecule has 3 aromatic heterocycles. The van der Waals surface area contributed by atoms with Gasteiger partial charge in [0.15, 0.2) is 0 Å². The van der Waals surface area contributed by atoms with E-state index in [0.717, 1.165) is 55.1 Å². The smallest absolute Gasteiger partial charge is 0.219 e. The molecule has 1 saturated heterocycles. The molecule has 3 aromatic rings. The van der Waals surface area contributed by atoms with E-state index in [4.69, 9.17) is 4.98 Å². The Bertz CT molecular complexity index is 984. The van der Waals surface area contributed by atoms with Crippen molar-refractivity contribution >= 4 is 22.8 Å². The highest BCUT2D eigenvalue weighted by Crippen LogP contribution is 2.23. The van der Waals surface area contributed by atoms with E-state index >= 15 is 0 Å². The highest BCUT2D eigenvalue weighted by atomic mass is 16.2. The highest BCUT2D eigenvalue weighted by molar-refractivity contribution is 5.77. The predicted molar refractivity (Wildman–Crippen MR) is 110 cm³/mol. The molecule has 0 spiro atoms. The lowest BCUT2D eigenvalue weighted by molar-refractivity contribution is -0.129. The molecule has 0 N–H and O–H groups in total. The fraction of sp³-hybridized carbons (Fsp3) is 0.364. The van der Waals surface area contributed by atoms with E-state index < -0.39 is 0 Å². The topological polar surface area (TPSA) is 62.2 Å². The Labute approximate surface area is 165 Å². The van der Waals surface area contributed by atoms with Crippen LogP contribution >= 0.6 is 0 Å². The van der Waals surface area contributed by atoms with Crippen LogP contribution in [0.1, 0.15) is 18.2 Å². The molecule has 0 radical (unpaired) electrons. The Morgan fingerprint density at radius 3 is 2.79 bits per heavy atom. The molecule has 0 aliphatic carbocycles. The maximum absolute atomic E-state index is 12.1. The predicted octanol–water partition coefficient (Wildman–Crippen LogP) is 2.86. The molecular formula is C22H25N5O. The van der Waals surface area contributed by atoms with E-state index in [1.807, 2.05) is 54.5 Å². The average molecular weight is 375 g/mol. The third-order valence-electron chi connectivity index (χ3n) is 5.33. The third-order valence-corrected chi connectivity index (χ3v) is 5.33. The van der Waals surface area contributed by atoms with Crippen LogP contribution in [-0.2, 0) is 11.2 Å². The largest absolute Gasteiger partial charge is 0.354 e. The molecule has 4 rings (SSSR count). The summed E-state index contributed by atoms with van der Waals surface area (Å²) < 4.78 is 0. The van der Waals surface area contributed by atoms with Crippen LogP contribution in [0.15, 0.2) is 48.8 Å². The van der Waals surface area contributed by atoms with Crippen LogP contribution in [0.4, 0.5) is 5.82 Å². The fourth-order valence-corrected chi connectivity index (χ4v) is 3.94. The van der Waals surface area contributed by atoms with Gasteiger partial charge in [-0.25, -0.2) is 4.98 Å². The summed E-state index contributed by atoms with van der Waals surface area (Å²) >= 11 is 0. The van der Waals surface area contributed by atoms with Gasteiger partial charge in [-0.1, -0.05) is 6.07 Å². The number of hydrogen-bond acceptors (Lipinski definition) is 5. The van der Waals surface area contributed by atoms with Crippen molar-refractivity contribution in [2.75, 3.05) is 31.1 Å². The molecule has 1 aliphatic heterocycles. The first-order valence-corrected chi connectivity index (χ1v) is 9.73. The van der Waals surface area contributed by atoms with Gasteiger partial charge in [0.1, 0.15) is 5.82 Å². The molecule has 6 heteroatoms. The van der Waals surface area contributed by atoms with Crippen LogP contribution in [0.25, 0.3) is 11.0 Å². The molecule has 28 heavy (non-hydrogen) atoms. The SMILES string of the molecule is CC(=O)N1CCN(c2cccc(C)n2)CC(Cc2ccnc3cccnc23)C1. The summed E-state index contributed by atoms with van der Waals surface area (Å²) in [7, 11) is 0. The molecule has 0 aromatic carbocycles. The Hall–Kier alpha value is -3.02. The Morgan fingerprint density at radius 1 is 1.07 bits per heavy atom. The number of nitrogens with zero attached hydrogens (tertiary/aromatic N) is 5. The minimum absolute atomic E-state index is 0.127. The minimum Gasteiger partial charge on any atom is -0.354 e. The summed E-state index contributed by atoms with van der Waals surface area (Å²) in [5.74, 6) is 1.40. The number of aromatic nitrogens is 3. The van der Waals surface area contributed by atoms with Gasteiger partial charge >= 0.3 is 0 Å². The van der Waals surface area contributed by atoms with E-state index in [9.17, 15) is 4.79 Å². The van der Waals surface area contributed by atoms with Gasteiger partial charge in [0.2, 0.25) is 5.91 Å². The van der Waals surface area contributed by atoms with E-state index in [1.165, 1.54) is 5.56 Å². The van der Waals surface area contributed by atoms with Crippen LogP contribution in [0.3, 0.4) is 0 Å².